The number of nitro groups is 2. The van der Waals surface area contributed by atoms with Crippen molar-refractivity contribution in [3.05, 3.63) is 98.2 Å². The molecule has 0 radical (unpaired) electrons. The van der Waals surface area contributed by atoms with E-state index in [0.717, 1.165) is 35.1 Å². The van der Waals surface area contributed by atoms with Crippen molar-refractivity contribution in [1.29, 1.82) is 0 Å². The number of pyridine rings is 1. The highest BCUT2D eigenvalue weighted by Gasteiger charge is 2.20. The largest absolute Gasteiger partial charge is 0.332 e. The Kier molecular flexibility index (Phi) is 6.00. The van der Waals surface area contributed by atoms with Gasteiger partial charge in [0.15, 0.2) is 5.13 Å². The quantitative estimate of drug-likeness (QED) is 0.287. The zero-order valence-corrected chi connectivity index (χ0v) is 17.5. The van der Waals surface area contributed by atoms with Crippen LogP contribution < -0.4 is 10.6 Å². The van der Waals surface area contributed by atoms with Crippen molar-refractivity contribution in [3.8, 4) is 11.3 Å². The maximum atomic E-state index is 12.5. The van der Waals surface area contributed by atoms with E-state index in [0.29, 0.717) is 10.8 Å². The van der Waals surface area contributed by atoms with Crippen LogP contribution in [0.15, 0.2) is 72.4 Å². The fraction of sp³-hybridized carbons (Fsp3) is 0. The standard InChI is InChI=1S/C21H14N6O5S/c28-20(14-9-17(26(29)30)11-18(10-14)27(31)32)23-15-1-3-16(4-2-15)24-21-25-19(12-33-21)13-5-7-22-8-6-13/h1-12H,(H,23,28)(H,24,25). The van der Waals surface area contributed by atoms with Gasteiger partial charge in [0.1, 0.15) is 0 Å². The zero-order valence-electron chi connectivity index (χ0n) is 16.7. The number of thiazole rings is 1. The van der Waals surface area contributed by atoms with Crippen molar-refractivity contribution in [2.24, 2.45) is 0 Å². The lowest BCUT2D eigenvalue weighted by molar-refractivity contribution is -0.394. The minimum Gasteiger partial charge on any atom is -0.332 e. The minimum absolute atomic E-state index is 0.190. The summed E-state index contributed by atoms with van der Waals surface area (Å²) in [6.45, 7) is 0. The first kappa shape index (κ1) is 21.5. The van der Waals surface area contributed by atoms with Gasteiger partial charge in [-0.2, -0.15) is 0 Å². The van der Waals surface area contributed by atoms with Crippen LogP contribution in [-0.4, -0.2) is 25.7 Å². The molecule has 4 rings (SSSR count). The third kappa shape index (κ3) is 5.14. The summed E-state index contributed by atoms with van der Waals surface area (Å²) in [6.07, 6.45) is 3.39. The molecule has 2 N–H and O–H groups in total. The number of anilines is 3. The smallest absolute Gasteiger partial charge is 0.277 e. The third-order valence-electron chi connectivity index (χ3n) is 4.46. The van der Waals surface area contributed by atoms with Crippen LogP contribution in [0.25, 0.3) is 11.3 Å². The number of benzene rings is 2. The topological polar surface area (TPSA) is 153 Å². The number of carbonyl (C=O) groups is 1. The lowest BCUT2D eigenvalue weighted by Crippen LogP contribution is -2.12. The maximum absolute atomic E-state index is 12.5. The summed E-state index contributed by atoms with van der Waals surface area (Å²) in [5, 5.41) is 30.4. The van der Waals surface area contributed by atoms with Crippen LogP contribution in [0.1, 0.15) is 10.4 Å². The van der Waals surface area contributed by atoms with Crippen LogP contribution in [0, 0.1) is 20.2 Å². The molecule has 11 nitrogen and oxygen atoms in total. The van der Waals surface area contributed by atoms with Crippen LogP contribution in [0.4, 0.5) is 27.9 Å². The monoisotopic (exact) mass is 462 g/mol. The van der Waals surface area contributed by atoms with E-state index in [9.17, 15) is 25.0 Å². The number of nitrogens with zero attached hydrogens (tertiary/aromatic N) is 4. The Morgan fingerprint density at radius 3 is 2.09 bits per heavy atom. The average Bonchev–Trinajstić information content (AvgIpc) is 3.29. The van der Waals surface area contributed by atoms with Crippen molar-refractivity contribution < 1.29 is 14.6 Å². The second kappa shape index (κ2) is 9.20. The maximum Gasteiger partial charge on any atom is 0.277 e. The Morgan fingerprint density at radius 1 is 0.879 bits per heavy atom. The highest BCUT2D eigenvalue weighted by atomic mass is 32.1. The van der Waals surface area contributed by atoms with Gasteiger partial charge in [-0.25, -0.2) is 4.98 Å². The summed E-state index contributed by atoms with van der Waals surface area (Å²) in [7, 11) is 0. The average molecular weight is 462 g/mol. The summed E-state index contributed by atoms with van der Waals surface area (Å²) in [6, 6.07) is 13.2. The van der Waals surface area contributed by atoms with Gasteiger partial charge in [0.25, 0.3) is 17.3 Å². The highest BCUT2D eigenvalue weighted by molar-refractivity contribution is 7.14. The van der Waals surface area contributed by atoms with E-state index in [1.54, 1.807) is 36.7 Å². The number of hydrogen-bond acceptors (Lipinski definition) is 9. The van der Waals surface area contributed by atoms with E-state index in [2.05, 4.69) is 20.6 Å². The molecule has 33 heavy (non-hydrogen) atoms. The summed E-state index contributed by atoms with van der Waals surface area (Å²) in [4.78, 5) is 41.5. The number of aromatic nitrogens is 2. The van der Waals surface area contributed by atoms with E-state index >= 15 is 0 Å². The summed E-state index contributed by atoms with van der Waals surface area (Å²) >= 11 is 1.44. The molecule has 0 aliphatic carbocycles. The molecule has 0 unspecified atom stereocenters. The molecule has 2 heterocycles. The van der Waals surface area contributed by atoms with Crippen molar-refractivity contribution in [2.45, 2.75) is 0 Å². The van der Waals surface area contributed by atoms with Gasteiger partial charge in [-0.3, -0.25) is 30.0 Å². The van der Waals surface area contributed by atoms with E-state index < -0.39 is 27.1 Å². The van der Waals surface area contributed by atoms with Crippen LogP contribution in [0.3, 0.4) is 0 Å². The number of hydrogen-bond donors (Lipinski definition) is 2. The van der Waals surface area contributed by atoms with E-state index in [1.165, 1.54) is 11.3 Å². The number of nitro benzene ring substituents is 2. The van der Waals surface area contributed by atoms with Crippen LogP contribution in [-0.2, 0) is 0 Å². The van der Waals surface area contributed by atoms with E-state index in [4.69, 9.17) is 0 Å². The van der Waals surface area contributed by atoms with Crippen molar-refractivity contribution >= 4 is 45.1 Å². The fourth-order valence-electron chi connectivity index (χ4n) is 2.89. The van der Waals surface area contributed by atoms with Crippen LogP contribution in [0.2, 0.25) is 0 Å². The molecular weight excluding hydrogens is 448 g/mol. The molecule has 2 aromatic carbocycles. The van der Waals surface area contributed by atoms with Gasteiger partial charge in [0, 0.05) is 46.8 Å². The Balaban J connectivity index is 1.45. The second-order valence-corrected chi connectivity index (χ2v) is 7.54. The number of nitrogens with one attached hydrogen (secondary N) is 2. The van der Waals surface area contributed by atoms with Crippen molar-refractivity contribution in [1.82, 2.24) is 9.97 Å². The van der Waals surface area contributed by atoms with Gasteiger partial charge in [0.2, 0.25) is 0 Å². The first-order valence-corrected chi connectivity index (χ1v) is 10.3. The van der Waals surface area contributed by atoms with E-state index in [1.807, 2.05) is 17.5 Å². The third-order valence-corrected chi connectivity index (χ3v) is 5.22. The normalized spacial score (nSPS) is 10.4. The lowest BCUT2D eigenvalue weighted by Gasteiger charge is -2.07. The Bertz CT molecular complexity index is 1310. The first-order chi connectivity index (χ1) is 15.9. The molecule has 0 spiro atoms. The van der Waals surface area contributed by atoms with Gasteiger partial charge in [-0.05, 0) is 36.4 Å². The molecule has 0 saturated carbocycles. The molecule has 0 atom stereocenters. The second-order valence-electron chi connectivity index (χ2n) is 6.68. The van der Waals surface area contributed by atoms with Crippen molar-refractivity contribution in [2.75, 3.05) is 10.6 Å². The molecule has 1 amide bonds. The van der Waals surface area contributed by atoms with Crippen molar-refractivity contribution in [3.63, 3.8) is 0 Å². The Hall–Kier alpha value is -4.71. The molecule has 0 saturated heterocycles. The number of rotatable bonds is 7. The van der Waals surface area contributed by atoms with Gasteiger partial charge in [0.05, 0.1) is 27.2 Å². The molecule has 4 aromatic rings. The predicted molar refractivity (Wildman–Crippen MR) is 123 cm³/mol. The minimum atomic E-state index is -0.789. The molecule has 0 fully saturated rings. The molecule has 0 aliphatic rings. The molecule has 164 valence electrons. The molecule has 2 aromatic heterocycles. The van der Waals surface area contributed by atoms with Gasteiger partial charge < -0.3 is 10.6 Å². The molecule has 12 heteroatoms. The highest BCUT2D eigenvalue weighted by Crippen LogP contribution is 2.28. The first-order valence-electron chi connectivity index (χ1n) is 9.37. The predicted octanol–water partition coefficient (Wildman–Crippen LogP) is 5.02. The zero-order chi connectivity index (χ0) is 23.4. The summed E-state index contributed by atoms with van der Waals surface area (Å²) in [5.41, 5.74) is 1.65. The Labute approximate surface area is 190 Å². The van der Waals surface area contributed by atoms with Gasteiger partial charge in [-0.1, -0.05) is 0 Å². The van der Waals surface area contributed by atoms with Gasteiger partial charge >= 0.3 is 0 Å². The fourth-order valence-corrected chi connectivity index (χ4v) is 3.63. The summed E-state index contributed by atoms with van der Waals surface area (Å²) in [5.74, 6) is -0.704. The van der Waals surface area contributed by atoms with Crippen LogP contribution >= 0.6 is 11.3 Å². The van der Waals surface area contributed by atoms with E-state index in [-0.39, 0.29) is 5.56 Å². The number of carbonyl (C=O) groups excluding carboxylic acids is 1. The molecule has 0 aliphatic heterocycles. The SMILES string of the molecule is O=C(Nc1ccc(Nc2nc(-c3ccncc3)cs2)cc1)c1cc([N+](=O)[O-])cc([N+](=O)[O-])c1. The number of non-ortho nitro benzene ring substituents is 2. The van der Waals surface area contributed by atoms with Gasteiger partial charge in [-0.15, -0.1) is 11.3 Å². The van der Waals surface area contributed by atoms with Crippen LogP contribution in [0.5, 0.6) is 0 Å². The lowest BCUT2D eigenvalue weighted by atomic mass is 10.1. The molecule has 0 bridgehead atoms. The number of amides is 1. The Morgan fingerprint density at radius 2 is 1.48 bits per heavy atom. The summed E-state index contributed by atoms with van der Waals surface area (Å²) < 4.78 is 0. The molecular formula is C21H14N6O5S.